The fourth-order valence-electron chi connectivity index (χ4n) is 0.351. The van der Waals surface area contributed by atoms with Gasteiger partial charge in [0.15, 0.2) is 0 Å². The first-order valence-electron chi connectivity index (χ1n) is 3.07. The van der Waals surface area contributed by atoms with Crippen LogP contribution in [0, 0.1) is 0 Å². The Kier molecular flexibility index (Phi) is 5.97. The smallest absolute Gasteiger partial charge is 0.202 e. The van der Waals surface area contributed by atoms with Crippen molar-refractivity contribution in [2.75, 3.05) is 26.8 Å². The van der Waals surface area contributed by atoms with Crippen molar-refractivity contribution in [3.05, 3.63) is 0 Å². The van der Waals surface area contributed by atoms with E-state index in [1.54, 1.807) is 0 Å². The molecular formula is C4H8O8. The van der Waals surface area contributed by atoms with Crippen LogP contribution in [0.2, 0.25) is 0 Å². The van der Waals surface area contributed by atoms with E-state index < -0.39 is 0 Å². The molecule has 12 heavy (non-hydrogen) atoms. The zero-order valence-electron chi connectivity index (χ0n) is 6.09. The van der Waals surface area contributed by atoms with Gasteiger partial charge in [-0.15, -0.1) is 0 Å². The summed E-state index contributed by atoms with van der Waals surface area (Å²) in [4.78, 5) is 25.3. The lowest BCUT2D eigenvalue weighted by molar-refractivity contribution is -0.663. The molecule has 0 amide bonds. The van der Waals surface area contributed by atoms with Gasteiger partial charge in [0.25, 0.3) is 0 Å². The first-order chi connectivity index (χ1) is 6.00. The highest BCUT2D eigenvalue weighted by Gasteiger charge is 1.97. The van der Waals surface area contributed by atoms with E-state index in [9.17, 15) is 0 Å². The molecular weight excluding hydrogens is 176 g/mol. The van der Waals surface area contributed by atoms with Gasteiger partial charge in [-0.1, -0.05) is 0 Å². The van der Waals surface area contributed by atoms with E-state index in [2.05, 4.69) is 39.4 Å². The molecule has 0 aromatic heterocycles. The third-order valence-electron chi connectivity index (χ3n) is 0.733. The van der Waals surface area contributed by atoms with Crippen LogP contribution in [0.1, 0.15) is 0 Å². The van der Waals surface area contributed by atoms with Gasteiger partial charge in [0, 0.05) is 0 Å². The van der Waals surface area contributed by atoms with Gasteiger partial charge in [-0.2, -0.15) is 0 Å². The molecule has 0 atom stereocenters. The maximum atomic E-state index is 4.22. The van der Waals surface area contributed by atoms with E-state index in [-0.39, 0.29) is 13.6 Å². The first-order valence-corrected chi connectivity index (χ1v) is 3.07. The maximum absolute atomic E-state index is 4.22. The normalized spacial score (nSPS) is 24.0. The van der Waals surface area contributed by atoms with Crippen LogP contribution in [0.25, 0.3) is 0 Å². The first kappa shape index (κ1) is 9.77. The van der Waals surface area contributed by atoms with Crippen LogP contribution in [-0.2, 0) is 39.4 Å². The number of hydrogen-bond acceptors (Lipinski definition) is 8. The second-order valence-electron chi connectivity index (χ2n) is 1.49. The summed E-state index contributed by atoms with van der Waals surface area (Å²) in [7, 11) is 0. The lowest BCUT2D eigenvalue weighted by atomic mass is 10.8. The maximum Gasteiger partial charge on any atom is 0.214 e. The topological polar surface area (TPSA) is 73.8 Å². The van der Waals surface area contributed by atoms with Gasteiger partial charge in [0.1, 0.15) is 13.2 Å². The number of hydrogen-bond donors (Lipinski definition) is 0. The molecule has 2 fully saturated rings. The summed E-state index contributed by atoms with van der Waals surface area (Å²) in [6.07, 6.45) is 0. The largest absolute Gasteiger partial charge is 0.214 e. The molecule has 8 heteroatoms. The third kappa shape index (κ3) is 5.35. The van der Waals surface area contributed by atoms with E-state index in [0.717, 1.165) is 0 Å². The van der Waals surface area contributed by atoms with Crippen molar-refractivity contribution < 1.29 is 39.4 Å². The molecule has 0 spiro atoms. The summed E-state index contributed by atoms with van der Waals surface area (Å²) in [5, 5.41) is 7.69. The van der Waals surface area contributed by atoms with Crippen molar-refractivity contribution >= 4 is 0 Å². The summed E-state index contributed by atoms with van der Waals surface area (Å²) >= 11 is 0. The average Bonchev–Trinajstić information content (AvgIpc) is 2.24. The fourth-order valence-corrected chi connectivity index (χ4v) is 0.351. The Morgan fingerprint density at radius 1 is 0.500 bits per heavy atom. The molecule has 2 heterocycles. The minimum absolute atomic E-state index is 0.0556. The van der Waals surface area contributed by atoms with Crippen molar-refractivity contribution in [3.63, 3.8) is 0 Å². The Balaban J connectivity index is 0.000000120. The van der Waals surface area contributed by atoms with E-state index in [4.69, 9.17) is 0 Å². The molecule has 0 radical (unpaired) electrons. The minimum atomic E-state index is 0.0556. The molecule has 2 aliphatic rings. The van der Waals surface area contributed by atoms with Crippen molar-refractivity contribution in [1.29, 1.82) is 0 Å². The van der Waals surface area contributed by atoms with Crippen molar-refractivity contribution in [1.82, 2.24) is 0 Å². The molecule has 0 aromatic rings. The summed E-state index contributed by atoms with van der Waals surface area (Å²) < 4.78 is 0. The lowest BCUT2D eigenvalue weighted by Gasteiger charge is -2.07. The van der Waals surface area contributed by atoms with E-state index in [1.165, 1.54) is 0 Å². The van der Waals surface area contributed by atoms with E-state index in [1.807, 2.05) is 0 Å². The standard InChI is InChI=1S/2C2H4O4/c1-3-5-2-6-4-1;1-2-4-6-5-3-1/h2*1-2H2. The predicted octanol–water partition coefficient (Wildman–Crippen LogP) is -0.377. The molecule has 8 nitrogen and oxygen atoms in total. The van der Waals surface area contributed by atoms with Crippen molar-refractivity contribution in [3.8, 4) is 0 Å². The zero-order valence-corrected chi connectivity index (χ0v) is 6.09. The van der Waals surface area contributed by atoms with Crippen LogP contribution >= 0.6 is 0 Å². The Hall–Kier alpha value is -0.320. The molecule has 2 saturated heterocycles. The van der Waals surface area contributed by atoms with Gasteiger partial charge in [-0.25, -0.2) is 29.3 Å². The average molecular weight is 184 g/mol. The second-order valence-corrected chi connectivity index (χ2v) is 1.49. The molecule has 0 bridgehead atoms. The Morgan fingerprint density at radius 2 is 0.917 bits per heavy atom. The summed E-state index contributed by atoms with van der Waals surface area (Å²) in [5.41, 5.74) is 0. The molecule has 0 aliphatic carbocycles. The molecule has 0 unspecified atom stereocenters. The summed E-state index contributed by atoms with van der Waals surface area (Å²) in [5.74, 6) is 0. The van der Waals surface area contributed by atoms with E-state index in [0.29, 0.717) is 13.2 Å². The van der Waals surface area contributed by atoms with Crippen LogP contribution in [0.5, 0.6) is 0 Å². The highest BCUT2D eigenvalue weighted by atomic mass is 17.7. The summed E-state index contributed by atoms with van der Waals surface area (Å²) in [6.45, 7) is 0.972. The van der Waals surface area contributed by atoms with Gasteiger partial charge in [0.05, 0.1) is 0 Å². The van der Waals surface area contributed by atoms with Gasteiger partial charge in [-0.3, -0.25) is 0 Å². The molecule has 0 N–H and O–H groups in total. The highest BCUT2D eigenvalue weighted by Crippen LogP contribution is 1.90. The Morgan fingerprint density at radius 3 is 1.08 bits per heavy atom. The molecule has 0 saturated carbocycles. The zero-order chi connectivity index (χ0) is 8.49. The Bertz CT molecular complexity index is 54.0. The van der Waals surface area contributed by atoms with Gasteiger partial charge in [0.2, 0.25) is 13.6 Å². The molecule has 72 valence electrons. The summed E-state index contributed by atoms with van der Waals surface area (Å²) in [6, 6.07) is 0. The van der Waals surface area contributed by atoms with Crippen molar-refractivity contribution in [2.45, 2.75) is 0 Å². The molecule has 0 aromatic carbocycles. The number of rotatable bonds is 0. The lowest BCUT2D eigenvalue weighted by Crippen LogP contribution is -2.12. The fraction of sp³-hybridized carbons (Fsp3) is 1.00. The third-order valence-corrected chi connectivity index (χ3v) is 0.733. The van der Waals surface area contributed by atoms with Crippen LogP contribution in [0.3, 0.4) is 0 Å². The Labute approximate surface area is 67.4 Å². The molecule has 2 aliphatic heterocycles. The van der Waals surface area contributed by atoms with Crippen LogP contribution in [0.15, 0.2) is 0 Å². The monoisotopic (exact) mass is 184 g/mol. The van der Waals surface area contributed by atoms with Crippen LogP contribution in [-0.4, -0.2) is 26.8 Å². The molecule has 2 rings (SSSR count). The quantitative estimate of drug-likeness (QED) is 0.472. The van der Waals surface area contributed by atoms with Crippen molar-refractivity contribution in [2.24, 2.45) is 0 Å². The van der Waals surface area contributed by atoms with Gasteiger partial charge < -0.3 is 0 Å². The highest BCUT2D eigenvalue weighted by molar-refractivity contribution is 4.14. The SMILES string of the molecule is C1COOOO1.C1OOCOO1. The van der Waals surface area contributed by atoms with Gasteiger partial charge >= 0.3 is 0 Å². The van der Waals surface area contributed by atoms with E-state index >= 15 is 0 Å². The second kappa shape index (κ2) is 7.34. The van der Waals surface area contributed by atoms with Gasteiger partial charge in [-0.05, 0) is 10.1 Å². The predicted molar refractivity (Wildman–Crippen MR) is 28.1 cm³/mol. The minimum Gasteiger partial charge on any atom is -0.202 e. The van der Waals surface area contributed by atoms with Crippen LogP contribution in [0.4, 0.5) is 0 Å². The van der Waals surface area contributed by atoms with Crippen LogP contribution < -0.4 is 0 Å².